The molecule has 0 aliphatic carbocycles. The molecule has 142 valence electrons. The van der Waals surface area contributed by atoms with E-state index in [1.54, 1.807) is 19.9 Å². The third-order valence-corrected chi connectivity index (χ3v) is 4.77. The molecule has 27 heavy (non-hydrogen) atoms. The van der Waals surface area contributed by atoms with E-state index in [0.717, 1.165) is 22.9 Å². The number of nitrogens with one attached hydrogen (secondary N) is 1. The van der Waals surface area contributed by atoms with Gasteiger partial charge in [-0.2, -0.15) is 0 Å². The normalized spacial score (nSPS) is 11.1. The van der Waals surface area contributed by atoms with E-state index >= 15 is 0 Å². The summed E-state index contributed by atoms with van der Waals surface area (Å²) in [5.74, 6) is 0.158. The smallest absolute Gasteiger partial charge is 0.349 e. The standard InChI is InChI=1S/C21H24N2O4/c1-3-23(10-11-24)20(25)19-14(2)12-16(27-21(19)26)9-8-15-13-22-18-7-5-4-6-17(15)18/h4-7,12-13,22,24H,3,8-11H2,1-2H3. The average Bonchev–Trinajstić information content (AvgIpc) is 3.07. The van der Waals surface area contributed by atoms with Crippen molar-refractivity contribution in [3.63, 3.8) is 0 Å². The van der Waals surface area contributed by atoms with Crippen LogP contribution in [0.15, 0.2) is 45.7 Å². The van der Waals surface area contributed by atoms with Gasteiger partial charge in [0.25, 0.3) is 5.91 Å². The number of aromatic amines is 1. The summed E-state index contributed by atoms with van der Waals surface area (Å²) in [6.45, 7) is 4.01. The maximum Gasteiger partial charge on any atom is 0.349 e. The fraction of sp³-hybridized carbons (Fsp3) is 0.333. The summed E-state index contributed by atoms with van der Waals surface area (Å²) in [5, 5.41) is 10.2. The molecule has 0 saturated carbocycles. The second kappa shape index (κ2) is 8.22. The Hall–Kier alpha value is -2.86. The molecule has 0 spiro atoms. The van der Waals surface area contributed by atoms with E-state index in [1.807, 2.05) is 24.4 Å². The number of nitrogens with zero attached hydrogens (tertiary/aromatic N) is 1. The zero-order chi connectivity index (χ0) is 19.4. The summed E-state index contributed by atoms with van der Waals surface area (Å²) in [4.78, 5) is 29.7. The summed E-state index contributed by atoms with van der Waals surface area (Å²) < 4.78 is 5.42. The average molecular weight is 368 g/mol. The first-order chi connectivity index (χ1) is 13.0. The van der Waals surface area contributed by atoms with Crippen LogP contribution >= 0.6 is 0 Å². The van der Waals surface area contributed by atoms with E-state index in [-0.39, 0.29) is 18.7 Å². The highest BCUT2D eigenvalue weighted by Crippen LogP contribution is 2.20. The maximum absolute atomic E-state index is 12.6. The van der Waals surface area contributed by atoms with Crippen LogP contribution in [0.1, 0.15) is 34.2 Å². The Kier molecular flexibility index (Phi) is 5.76. The van der Waals surface area contributed by atoms with Crippen molar-refractivity contribution in [2.75, 3.05) is 19.7 Å². The van der Waals surface area contributed by atoms with Gasteiger partial charge in [0.1, 0.15) is 11.3 Å². The summed E-state index contributed by atoms with van der Waals surface area (Å²) in [5.41, 5.74) is 2.26. The van der Waals surface area contributed by atoms with Gasteiger partial charge in [0.15, 0.2) is 0 Å². The van der Waals surface area contributed by atoms with Crippen LogP contribution in [0.25, 0.3) is 10.9 Å². The van der Waals surface area contributed by atoms with Gasteiger partial charge >= 0.3 is 5.63 Å². The van der Waals surface area contributed by atoms with Gasteiger partial charge in [0.2, 0.25) is 0 Å². The van der Waals surface area contributed by atoms with Crippen LogP contribution in [-0.4, -0.2) is 40.6 Å². The maximum atomic E-state index is 12.6. The highest BCUT2D eigenvalue weighted by molar-refractivity contribution is 5.95. The van der Waals surface area contributed by atoms with Crippen LogP contribution in [0.4, 0.5) is 0 Å². The number of carbonyl (C=O) groups excluding carboxylic acids is 1. The molecule has 3 aromatic rings. The molecule has 0 saturated heterocycles. The molecular weight excluding hydrogens is 344 g/mol. The molecule has 1 amide bonds. The molecule has 3 rings (SSSR count). The van der Waals surface area contributed by atoms with Crippen LogP contribution in [-0.2, 0) is 12.8 Å². The van der Waals surface area contributed by atoms with E-state index < -0.39 is 11.5 Å². The van der Waals surface area contributed by atoms with E-state index in [0.29, 0.717) is 24.3 Å². The first-order valence-electron chi connectivity index (χ1n) is 9.14. The Bertz CT molecular complexity index is 1000. The third kappa shape index (κ3) is 3.95. The quantitative estimate of drug-likeness (QED) is 0.671. The topological polar surface area (TPSA) is 86.5 Å². The van der Waals surface area contributed by atoms with Gasteiger partial charge in [-0.25, -0.2) is 4.79 Å². The summed E-state index contributed by atoms with van der Waals surface area (Å²) in [7, 11) is 0. The Balaban J connectivity index is 1.80. The molecule has 2 aromatic heterocycles. The summed E-state index contributed by atoms with van der Waals surface area (Å²) in [6, 6.07) is 9.82. The van der Waals surface area contributed by atoms with Crippen LogP contribution in [0.2, 0.25) is 0 Å². The zero-order valence-electron chi connectivity index (χ0n) is 15.6. The highest BCUT2D eigenvalue weighted by Gasteiger charge is 2.21. The molecule has 0 atom stereocenters. The van der Waals surface area contributed by atoms with Crippen molar-refractivity contribution in [1.29, 1.82) is 0 Å². The summed E-state index contributed by atoms with van der Waals surface area (Å²) >= 11 is 0. The zero-order valence-corrected chi connectivity index (χ0v) is 15.6. The van der Waals surface area contributed by atoms with Gasteiger partial charge in [0, 0.05) is 36.6 Å². The molecule has 0 fully saturated rings. The molecule has 0 radical (unpaired) electrons. The van der Waals surface area contributed by atoms with Crippen LogP contribution in [0.5, 0.6) is 0 Å². The number of para-hydroxylation sites is 1. The van der Waals surface area contributed by atoms with Crippen molar-refractivity contribution in [2.24, 2.45) is 0 Å². The Morgan fingerprint density at radius 1 is 1.26 bits per heavy atom. The van der Waals surface area contributed by atoms with Gasteiger partial charge in [-0.05, 0) is 43.5 Å². The minimum absolute atomic E-state index is 0.0427. The molecule has 6 heteroatoms. The Labute approximate surface area is 157 Å². The SMILES string of the molecule is CCN(CCO)C(=O)c1c(C)cc(CCc2c[nH]c3ccccc23)oc1=O. The van der Waals surface area contributed by atoms with E-state index in [9.17, 15) is 9.59 Å². The minimum atomic E-state index is -0.620. The van der Waals surface area contributed by atoms with Gasteiger partial charge in [0.05, 0.1) is 6.61 Å². The number of aromatic nitrogens is 1. The predicted octanol–water partition coefficient (Wildman–Crippen LogP) is 2.67. The van der Waals surface area contributed by atoms with Gasteiger partial charge in [-0.3, -0.25) is 4.79 Å². The van der Waals surface area contributed by atoms with Crippen molar-refractivity contribution < 1.29 is 14.3 Å². The molecule has 0 aliphatic heterocycles. The second-order valence-corrected chi connectivity index (χ2v) is 6.53. The van der Waals surface area contributed by atoms with Crippen LogP contribution in [0.3, 0.4) is 0 Å². The lowest BCUT2D eigenvalue weighted by atomic mass is 10.0. The van der Waals surface area contributed by atoms with Crippen molar-refractivity contribution in [3.8, 4) is 0 Å². The monoisotopic (exact) mass is 368 g/mol. The Morgan fingerprint density at radius 3 is 2.74 bits per heavy atom. The number of benzene rings is 1. The van der Waals surface area contributed by atoms with Crippen molar-refractivity contribution in [3.05, 3.63) is 69.4 Å². The van der Waals surface area contributed by atoms with E-state index in [4.69, 9.17) is 9.52 Å². The fourth-order valence-electron chi connectivity index (χ4n) is 3.33. The summed E-state index contributed by atoms with van der Waals surface area (Å²) in [6.07, 6.45) is 3.27. The number of H-pyrrole nitrogens is 1. The molecular formula is C21H24N2O4. The fourth-order valence-corrected chi connectivity index (χ4v) is 3.33. The number of hydrogen-bond acceptors (Lipinski definition) is 4. The minimum Gasteiger partial charge on any atom is -0.427 e. The number of rotatable bonds is 7. The second-order valence-electron chi connectivity index (χ2n) is 6.53. The lowest BCUT2D eigenvalue weighted by molar-refractivity contribution is 0.0726. The number of hydrogen-bond donors (Lipinski definition) is 2. The number of aliphatic hydroxyl groups is 1. The Morgan fingerprint density at radius 2 is 2.04 bits per heavy atom. The number of aryl methyl sites for hydroxylation is 3. The lowest BCUT2D eigenvalue weighted by Gasteiger charge is -2.20. The molecule has 0 bridgehead atoms. The molecule has 2 N–H and O–H groups in total. The van der Waals surface area contributed by atoms with Gasteiger partial charge < -0.3 is 19.4 Å². The number of carbonyl (C=O) groups is 1. The number of aliphatic hydroxyl groups excluding tert-OH is 1. The van der Waals surface area contributed by atoms with Gasteiger partial charge in [-0.15, -0.1) is 0 Å². The number of amides is 1. The highest BCUT2D eigenvalue weighted by atomic mass is 16.4. The lowest BCUT2D eigenvalue weighted by Crippen LogP contribution is -2.36. The van der Waals surface area contributed by atoms with Crippen molar-refractivity contribution in [2.45, 2.75) is 26.7 Å². The first-order valence-corrected chi connectivity index (χ1v) is 9.14. The molecule has 0 aliphatic rings. The predicted molar refractivity (Wildman–Crippen MR) is 104 cm³/mol. The van der Waals surface area contributed by atoms with Crippen LogP contribution in [0, 0.1) is 6.92 Å². The first kappa shape index (κ1) is 18.9. The molecule has 6 nitrogen and oxygen atoms in total. The molecule has 0 unspecified atom stereocenters. The van der Waals surface area contributed by atoms with Crippen LogP contribution < -0.4 is 5.63 Å². The van der Waals surface area contributed by atoms with E-state index in [1.165, 1.54) is 4.90 Å². The molecule has 2 heterocycles. The van der Waals surface area contributed by atoms with E-state index in [2.05, 4.69) is 11.1 Å². The third-order valence-electron chi connectivity index (χ3n) is 4.77. The largest absolute Gasteiger partial charge is 0.427 e. The number of likely N-dealkylation sites (N-methyl/N-ethyl adjacent to an activating group) is 1. The molecule has 1 aromatic carbocycles. The van der Waals surface area contributed by atoms with Crippen molar-refractivity contribution in [1.82, 2.24) is 9.88 Å². The van der Waals surface area contributed by atoms with Gasteiger partial charge in [-0.1, -0.05) is 18.2 Å². The van der Waals surface area contributed by atoms with Crippen molar-refractivity contribution >= 4 is 16.8 Å². The number of fused-ring (bicyclic) bond motifs is 1.